The maximum Gasteiger partial charge on any atom is 0.148 e. The van der Waals surface area contributed by atoms with Gasteiger partial charge >= 0.3 is 0 Å². The van der Waals surface area contributed by atoms with E-state index in [2.05, 4.69) is 15.9 Å². The Hall–Kier alpha value is -0.160. The monoisotopic (exact) mass is 334 g/mol. The summed E-state index contributed by atoms with van der Waals surface area (Å²) in [5.74, 6) is -0.559. The van der Waals surface area contributed by atoms with Crippen LogP contribution in [0.15, 0.2) is 16.6 Å². The second-order valence-electron chi connectivity index (χ2n) is 4.98. The standard InChI is InChI=1S/C13H13BrClFO2/c14-9-3-2-7(12(16)11(9)15)13(17)8-5-6-1-4-10(8)18-6/h2-3,6,8,10,13,17H,1,4-5H2. The van der Waals surface area contributed by atoms with Gasteiger partial charge in [-0.2, -0.15) is 0 Å². The van der Waals surface area contributed by atoms with Gasteiger partial charge in [0.25, 0.3) is 0 Å². The summed E-state index contributed by atoms with van der Waals surface area (Å²) in [5.41, 5.74) is 0.268. The van der Waals surface area contributed by atoms with Crippen LogP contribution in [0.2, 0.25) is 5.02 Å². The van der Waals surface area contributed by atoms with Crippen molar-refractivity contribution in [3.63, 3.8) is 0 Å². The Labute approximate surface area is 118 Å². The summed E-state index contributed by atoms with van der Waals surface area (Å²) in [6.45, 7) is 0. The normalized spacial score (nSPS) is 31.9. The zero-order valence-corrected chi connectivity index (χ0v) is 11.9. The molecule has 98 valence electrons. The van der Waals surface area contributed by atoms with Crippen LogP contribution in [0.25, 0.3) is 0 Å². The van der Waals surface area contributed by atoms with Gasteiger partial charge in [0.2, 0.25) is 0 Å². The van der Waals surface area contributed by atoms with Gasteiger partial charge < -0.3 is 9.84 Å². The third kappa shape index (κ3) is 1.99. The van der Waals surface area contributed by atoms with Crippen LogP contribution >= 0.6 is 27.5 Å². The molecule has 1 N–H and O–H groups in total. The predicted octanol–water partition coefficient (Wildman–Crippen LogP) is 3.84. The highest BCUT2D eigenvalue weighted by atomic mass is 79.9. The average molecular weight is 336 g/mol. The van der Waals surface area contributed by atoms with Crippen LogP contribution in [0.4, 0.5) is 4.39 Å². The Balaban J connectivity index is 1.89. The zero-order chi connectivity index (χ0) is 12.9. The van der Waals surface area contributed by atoms with Crippen LogP contribution in [0.5, 0.6) is 0 Å². The summed E-state index contributed by atoms with van der Waals surface area (Å²) in [6, 6.07) is 3.25. The van der Waals surface area contributed by atoms with Crippen molar-refractivity contribution < 1.29 is 14.2 Å². The minimum atomic E-state index is -0.842. The second kappa shape index (κ2) is 4.75. The van der Waals surface area contributed by atoms with E-state index in [1.807, 2.05) is 0 Å². The quantitative estimate of drug-likeness (QED) is 0.832. The van der Waals surface area contributed by atoms with Crippen molar-refractivity contribution in [1.29, 1.82) is 0 Å². The van der Waals surface area contributed by atoms with Crippen LogP contribution in [-0.4, -0.2) is 17.3 Å². The van der Waals surface area contributed by atoms with Crippen molar-refractivity contribution in [3.8, 4) is 0 Å². The summed E-state index contributed by atoms with van der Waals surface area (Å²) in [7, 11) is 0. The summed E-state index contributed by atoms with van der Waals surface area (Å²) in [5, 5.41) is 10.4. The van der Waals surface area contributed by atoms with E-state index in [4.69, 9.17) is 16.3 Å². The van der Waals surface area contributed by atoms with E-state index in [0.717, 1.165) is 19.3 Å². The summed E-state index contributed by atoms with van der Waals surface area (Å²) in [6.07, 6.45) is 2.27. The van der Waals surface area contributed by atoms with Gasteiger partial charge in [-0.1, -0.05) is 17.7 Å². The van der Waals surface area contributed by atoms with E-state index in [0.29, 0.717) is 4.47 Å². The minimum Gasteiger partial charge on any atom is -0.388 e. The van der Waals surface area contributed by atoms with Gasteiger partial charge in [-0.25, -0.2) is 4.39 Å². The predicted molar refractivity (Wildman–Crippen MR) is 70.1 cm³/mol. The lowest BCUT2D eigenvalue weighted by molar-refractivity contribution is 0.0406. The molecule has 5 heteroatoms. The molecule has 1 aromatic rings. The third-order valence-corrected chi connectivity index (χ3v) is 5.20. The first-order chi connectivity index (χ1) is 8.58. The van der Waals surface area contributed by atoms with Gasteiger partial charge in [0.15, 0.2) is 0 Å². The van der Waals surface area contributed by atoms with Crippen LogP contribution < -0.4 is 0 Å². The lowest BCUT2D eigenvalue weighted by Crippen LogP contribution is -2.24. The van der Waals surface area contributed by atoms with E-state index in [-0.39, 0.29) is 28.7 Å². The Morgan fingerprint density at radius 2 is 2.22 bits per heavy atom. The molecule has 0 saturated carbocycles. The van der Waals surface area contributed by atoms with Crippen LogP contribution in [0, 0.1) is 11.7 Å². The maximum absolute atomic E-state index is 14.0. The summed E-state index contributed by atoms with van der Waals surface area (Å²) >= 11 is 9.02. The summed E-state index contributed by atoms with van der Waals surface area (Å²) in [4.78, 5) is 0. The molecular weight excluding hydrogens is 322 g/mol. The molecule has 2 aliphatic heterocycles. The van der Waals surface area contributed by atoms with Crippen LogP contribution in [0.3, 0.4) is 0 Å². The number of benzene rings is 1. The molecule has 2 heterocycles. The SMILES string of the molecule is OC(c1ccc(Br)c(Cl)c1F)C1CC2CCC1O2. The first kappa shape index (κ1) is 12.9. The fraction of sp³-hybridized carbons (Fsp3) is 0.538. The van der Waals surface area contributed by atoms with Crippen molar-refractivity contribution in [2.45, 2.75) is 37.6 Å². The van der Waals surface area contributed by atoms with Gasteiger partial charge in [0.05, 0.1) is 23.3 Å². The lowest BCUT2D eigenvalue weighted by Gasteiger charge is -2.25. The van der Waals surface area contributed by atoms with Crippen LogP contribution in [-0.2, 0) is 4.74 Å². The highest BCUT2D eigenvalue weighted by Gasteiger charge is 2.45. The van der Waals surface area contributed by atoms with Crippen molar-refractivity contribution in [2.75, 3.05) is 0 Å². The topological polar surface area (TPSA) is 29.5 Å². The van der Waals surface area contributed by atoms with Gasteiger partial charge in [0, 0.05) is 16.0 Å². The number of aliphatic hydroxyl groups is 1. The molecule has 2 fully saturated rings. The Kier molecular flexibility index (Phi) is 3.39. The summed E-state index contributed by atoms with van der Waals surface area (Å²) < 4.78 is 20.2. The van der Waals surface area contributed by atoms with Crippen molar-refractivity contribution >= 4 is 27.5 Å². The van der Waals surface area contributed by atoms with E-state index < -0.39 is 11.9 Å². The lowest BCUT2D eigenvalue weighted by atomic mass is 9.82. The molecule has 0 radical (unpaired) electrons. The molecule has 0 spiro atoms. The second-order valence-corrected chi connectivity index (χ2v) is 6.22. The molecule has 0 aliphatic carbocycles. The largest absolute Gasteiger partial charge is 0.388 e. The molecule has 2 aliphatic rings. The molecule has 1 aromatic carbocycles. The number of ether oxygens (including phenoxy) is 1. The fourth-order valence-electron chi connectivity index (χ4n) is 3.01. The molecule has 3 rings (SSSR count). The highest BCUT2D eigenvalue weighted by Crippen LogP contribution is 2.45. The molecule has 0 amide bonds. The van der Waals surface area contributed by atoms with Crippen molar-refractivity contribution in [2.24, 2.45) is 5.92 Å². The molecule has 4 atom stereocenters. The van der Waals surface area contributed by atoms with Crippen molar-refractivity contribution in [1.82, 2.24) is 0 Å². The number of aliphatic hydroxyl groups excluding tert-OH is 1. The van der Waals surface area contributed by atoms with E-state index in [1.54, 1.807) is 12.1 Å². The molecule has 0 aromatic heterocycles. The number of hydrogen-bond donors (Lipinski definition) is 1. The molecule has 2 nitrogen and oxygen atoms in total. The fourth-order valence-corrected chi connectivity index (χ4v) is 3.49. The van der Waals surface area contributed by atoms with Crippen LogP contribution in [0.1, 0.15) is 30.9 Å². The third-order valence-electron chi connectivity index (χ3n) is 3.94. The molecule has 2 saturated heterocycles. The highest BCUT2D eigenvalue weighted by molar-refractivity contribution is 9.10. The van der Waals surface area contributed by atoms with Gasteiger partial charge in [-0.3, -0.25) is 0 Å². The Morgan fingerprint density at radius 3 is 2.83 bits per heavy atom. The average Bonchev–Trinajstić information content (AvgIpc) is 2.97. The zero-order valence-electron chi connectivity index (χ0n) is 9.57. The first-order valence-corrected chi connectivity index (χ1v) is 7.22. The maximum atomic E-state index is 14.0. The molecule has 4 unspecified atom stereocenters. The van der Waals surface area contributed by atoms with E-state index in [9.17, 15) is 9.50 Å². The number of hydrogen-bond acceptors (Lipinski definition) is 2. The molecular formula is C13H13BrClFO2. The van der Waals surface area contributed by atoms with Gasteiger partial charge in [-0.15, -0.1) is 0 Å². The van der Waals surface area contributed by atoms with Crippen molar-refractivity contribution in [3.05, 3.63) is 33.0 Å². The minimum absolute atomic E-state index is 0.0181. The smallest absolute Gasteiger partial charge is 0.148 e. The van der Waals surface area contributed by atoms with E-state index in [1.165, 1.54) is 0 Å². The Morgan fingerprint density at radius 1 is 1.44 bits per heavy atom. The number of halogens is 3. The van der Waals surface area contributed by atoms with Gasteiger partial charge in [-0.05, 0) is 41.3 Å². The number of rotatable bonds is 2. The first-order valence-electron chi connectivity index (χ1n) is 6.05. The number of fused-ring (bicyclic) bond motifs is 2. The Bertz CT molecular complexity index is 482. The van der Waals surface area contributed by atoms with Gasteiger partial charge in [0.1, 0.15) is 5.82 Å². The molecule has 2 bridgehead atoms. The van der Waals surface area contributed by atoms with E-state index >= 15 is 0 Å². The molecule has 18 heavy (non-hydrogen) atoms.